The zero-order chi connectivity index (χ0) is 17.1. The van der Waals surface area contributed by atoms with Gasteiger partial charge in [0.05, 0.1) is 26.5 Å². The zero-order valence-electron chi connectivity index (χ0n) is 12.3. The van der Waals surface area contributed by atoms with E-state index in [0.717, 1.165) is 20.3 Å². The number of halogens is 3. The molecule has 0 radical (unpaired) electrons. The number of rotatable bonds is 4. The first-order chi connectivity index (χ1) is 10.8. The van der Waals surface area contributed by atoms with Gasteiger partial charge in [0.15, 0.2) is 0 Å². The molecule has 2 N–H and O–H groups in total. The van der Waals surface area contributed by atoms with Crippen LogP contribution in [0, 0.1) is 13.8 Å². The summed E-state index contributed by atoms with van der Waals surface area (Å²) in [5.41, 5.74) is 4.58. The number of nitrogens with zero attached hydrogens (tertiary/aromatic N) is 3. The summed E-state index contributed by atoms with van der Waals surface area (Å²) in [7, 11) is 0. The van der Waals surface area contributed by atoms with Gasteiger partial charge in [0.2, 0.25) is 0 Å². The van der Waals surface area contributed by atoms with Gasteiger partial charge >= 0.3 is 0 Å². The first kappa shape index (κ1) is 18.2. The van der Waals surface area contributed by atoms with Crippen molar-refractivity contribution < 1.29 is 9.90 Å². The van der Waals surface area contributed by atoms with Crippen molar-refractivity contribution in [2.45, 2.75) is 20.4 Å². The minimum Gasteiger partial charge on any atom is -0.506 e. The Balaban J connectivity index is 2.03. The summed E-state index contributed by atoms with van der Waals surface area (Å²) in [6, 6.07) is 3.40. The van der Waals surface area contributed by atoms with Gasteiger partial charge in [-0.3, -0.25) is 9.48 Å². The Kier molecular flexibility index (Phi) is 5.99. The van der Waals surface area contributed by atoms with E-state index in [4.69, 9.17) is 0 Å². The monoisotopic (exact) mass is 506 g/mol. The van der Waals surface area contributed by atoms with Gasteiger partial charge in [-0.15, -0.1) is 0 Å². The Morgan fingerprint density at radius 2 is 2.09 bits per heavy atom. The highest BCUT2D eigenvalue weighted by Gasteiger charge is 2.11. The van der Waals surface area contributed by atoms with Gasteiger partial charge in [0.25, 0.3) is 5.91 Å². The highest BCUT2D eigenvalue weighted by atomic mass is 79.9. The summed E-state index contributed by atoms with van der Waals surface area (Å²) >= 11 is 9.97. The molecule has 6 nitrogen and oxygen atoms in total. The van der Waals surface area contributed by atoms with E-state index in [2.05, 4.69) is 63.4 Å². The molecule has 9 heteroatoms. The number of aromatic nitrogens is 2. The highest BCUT2D eigenvalue weighted by molar-refractivity contribution is 9.11. The molecule has 122 valence electrons. The van der Waals surface area contributed by atoms with Gasteiger partial charge in [-0.05, 0) is 57.8 Å². The average molecular weight is 509 g/mol. The molecule has 0 aliphatic carbocycles. The lowest BCUT2D eigenvalue weighted by Crippen LogP contribution is -2.24. The Morgan fingerprint density at radius 3 is 2.70 bits per heavy atom. The fourth-order valence-electron chi connectivity index (χ4n) is 1.86. The Hall–Kier alpha value is -1.19. The molecule has 0 bridgehead atoms. The second-order valence-electron chi connectivity index (χ2n) is 4.76. The molecule has 0 unspecified atom stereocenters. The molecule has 0 aliphatic heterocycles. The maximum atomic E-state index is 11.9. The second-order valence-corrected chi connectivity index (χ2v) is 7.32. The van der Waals surface area contributed by atoms with Crippen molar-refractivity contribution >= 4 is 59.9 Å². The van der Waals surface area contributed by atoms with Gasteiger partial charge in [-0.1, -0.05) is 15.9 Å². The fourth-order valence-corrected chi connectivity index (χ4v) is 3.40. The van der Waals surface area contributed by atoms with Crippen molar-refractivity contribution in [2.75, 3.05) is 0 Å². The first-order valence-electron chi connectivity index (χ1n) is 6.49. The number of hydrazone groups is 1. The van der Waals surface area contributed by atoms with Crippen LogP contribution in [0.5, 0.6) is 5.75 Å². The predicted octanol–water partition coefficient (Wildman–Crippen LogP) is 3.64. The molecule has 0 aliphatic rings. The predicted molar refractivity (Wildman–Crippen MR) is 98.6 cm³/mol. The molecule has 2 aromatic rings. The standard InChI is InChI=1S/C14H13Br3N4O2/c1-7-13(17)8(2)21(20-7)6-12(22)19-18-5-9-3-10(15)4-11(16)14(9)23/h3-5,23H,6H2,1-2H3,(H,19,22)/b18-5+. The summed E-state index contributed by atoms with van der Waals surface area (Å²) in [5.74, 6) is -0.262. The van der Waals surface area contributed by atoms with Crippen LogP contribution in [-0.4, -0.2) is 27.0 Å². The third-order valence-corrected chi connectivity index (χ3v) is 5.25. The minimum absolute atomic E-state index is 0.0497. The van der Waals surface area contributed by atoms with Gasteiger partial charge < -0.3 is 5.11 Å². The van der Waals surface area contributed by atoms with Crippen LogP contribution in [0.3, 0.4) is 0 Å². The minimum atomic E-state index is -0.312. The molecule has 0 saturated carbocycles. The smallest absolute Gasteiger partial charge is 0.261 e. The Bertz CT molecular complexity index is 787. The normalized spacial score (nSPS) is 11.2. The van der Waals surface area contributed by atoms with Crippen molar-refractivity contribution in [3.05, 3.63) is 42.5 Å². The summed E-state index contributed by atoms with van der Waals surface area (Å²) < 4.78 is 3.80. The third-order valence-electron chi connectivity index (χ3n) is 3.04. The lowest BCUT2D eigenvalue weighted by atomic mass is 10.2. The van der Waals surface area contributed by atoms with Crippen molar-refractivity contribution in [1.29, 1.82) is 0 Å². The van der Waals surface area contributed by atoms with Gasteiger partial charge in [-0.2, -0.15) is 10.2 Å². The summed E-state index contributed by atoms with van der Waals surface area (Å²) in [5, 5.41) is 18.0. The Morgan fingerprint density at radius 1 is 1.39 bits per heavy atom. The number of aromatic hydroxyl groups is 1. The number of phenols is 1. The third kappa shape index (κ3) is 4.42. The molecular weight excluding hydrogens is 496 g/mol. The number of benzene rings is 1. The van der Waals surface area contributed by atoms with E-state index in [0.29, 0.717) is 10.0 Å². The van der Waals surface area contributed by atoms with Crippen molar-refractivity contribution in [3.8, 4) is 5.75 Å². The number of carbonyl (C=O) groups is 1. The summed E-state index contributed by atoms with van der Waals surface area (Å²) in [6.07, 6.45) is 1.37. The van der Waals surface area contributed by atoms with Crippen LogP contribution in [0.2, 0.25) is 0 Å². The molecular formula is C14H13Br3N4O2. The van der Waals surface area contributed by atoms with Crippen LogP contribution in [0.15, 0.2) is 30.7 Å². The van der Waals surface area contributed by atoms with E-state index in [-0.39, 0.29) is 18.2 Å². The second kappa shape index (κ2) is 7.59. The molecule has 1 amide bonds. The number of aryl methyl sites for hydroxylation is 1. The van der Waals surface area contributed by atoms with Gasteiger partial charge in [0, 0.05) is 10.0 Å². The van der Waals surface area contributed by atoms with E-state index < -0.39 is 0 Å². The number of carbonyl (C=O) groups excluding carboxylic acids is 1. The maximum Gasteiger partial charge on any atom is 0.261 e. The van der Waals surface area contributed by atoms with E-state index in [1.54, 1.807) is 16.8 Å². The van der Waals surface area contributed by atoms with E-state index in [1.807, 2.05) is 13.8 Å². The average Bonchev–Trinajstić information content (AvgIpc) is 2.71. The molecule has 1 aromatic carbocycles. The molecule has 1 aromatic heterocycles. The van der Waals surface area contributed by atoms with Gasteiger partial charge in [0.1, 0.15) is 12.3 Å². The largest absolute Gasteiger partial charge is 0.506 e. The van der Waals surface area contributed by atoms with Crippen LogP contribution in [0.25, 0.3) is 0 Å². The lowest BCUT2D eigenvalue weighted by Gasteiger charge is -2.04. The van der Waals surface area contributed by atoms with E-state index >= 15 is 0 Å². The number of nitrogens with one attached hydrogen (secondary N) is 1. The number of phenolic OH excluding ortho intramolecular Hbond substituents is 1. The number of amides is 1. The molecule has 23 heavy (non-hydrogen) atoms. The summed E-state index contributed by atoms with van der Waals surface area (Å²) in [6.45, 7) is 3.79. The number of hydrogen-bond acceptors (Lipinski definition) is 4. The molecule has 0 atom stereocenters. The van der Waals surface area contributed by atoms with Crippen LogP contribution in [0.4, 0.5) is 0 Å². The van der Waals surface area contributed by atoms with Crippen LogP contribution in [0.1, 0.15) is 17.0 Å². The molecule has 2 rings (SSSR count). The van der Waals surface area contributed by atoms with Gasteiger partial charge in [-0.25, -0.2) is 5.43 Å². The highest BCUT2D eigenvalue weighted by Crippen LogP contribution is 2.30. The maximum absolute atomic E-state index is 11.9. The summed E-state index contributed by atoms with van der Waals surface area (Å²) in [4.78, 5) is 11.9. The van der Waals surface area contributed by atoms with E-state index in [9.17, 15) is 9.90 Å². The topological polar surface area (TPSA) is 79.5 Å². The van der Waals surface area contributed by atoms with Crippen molar-refractivity contribution in [2.24, 2.45) is 5.10 Å². The van der Waals surface area contributed by atoms with Crippen molar-refractivity contribution in [1.82, 2.24) is 15.2 Å². The molecule has 0 spiro atoms. The van der Waals surface area contributed by atoms with Crippen LogP contribution in [-0.2, 0) is 11.3 Å². The van der Waals surface area contributed by atoms with Crippen LogP contribution >= 0.6 is 47.8 Å². The molecule has 0 saturated heterocycles. The van der Waals surface area contributed by atoms with E-state index in [1.165, 1.54) is 6.21 Å². The van der Waals surface area contributed by atoms with Crippen LogP contribution < -0.4 is 5.43 Å². The molecule has 0 fully saturated rings. The fraction of sp³-hybridized carbons (Fsp3) is 0.214. The first-order valence-corrected chi connectivity index (χ1v) is 8.87. The number of hydrogen-bond donors (Lipinski definition) is 2. The molecule has 1 heterocycles. The zero-order valence-corrected chi connectivity index (χ0v) is 17.0. The lowest BCUT2D eigenvalue weighted by molar-refractivity contribution is -0.121. The van der Waals surface area contributed by atoms with Crippen molar-refractivity contribution in [3.63, 3.8) is 0 Å². The Labute approximate surface area is 158 Å². The quantitative estimate of drug-likeness (QED) is 0.489. The SMILES string of the molecule is Cc1nn(CC(=O)N/N=C/c2cc(Br)cc(Br)c2O)c(C)c1Br.